The van der Waals surface area contributed by atoms with Crippen molar-refractivity contribution in [2.24, 2.45) is 0 Å². The Hall–Kier alpha value is -2.08. The lowest BCUT2D eigenvalue weighted by atomic mass is 9.98. The predicted octanol–water partition coefficient (Wildman–Crippen LogP) is 1.09. The van der Waals surface area contributed by atoms with Crippen LogP contribution >= 0.6 is 0 Å². The van der Waals surface area contributed by atoms with Gasteiger partial charge in [0.1, 0.15) is 6.54 Å². The van der Waals surface area contributed by atoms with Gasteiger partial charge in [0.2, 0.25) is 5.91 Å². The van der Waals surface area contributed by atoms with Gasteiger partial charge in [0.15, 0.2) is 0 Å². The molecular formula is C16H21N3O3. The normalized spacial score (nSPS) is 20.3. The number of hydrogen-bond donors (Lipinski definition) is 2. The average molecular weight is 303 g/mol. The molecule has 0 spiro atoms. The van der Waals surface area contributed by atoms with Crippen LogP contribution < -0.4 is 5.69 Å². The maximum Gasteiger partial charge on any atom is 0.326 e. The summed E-state index contributed by atoms with van der Waals surface area (Å²) in [5.41, 5.74) is 1.18. The number of carbonyl (C=O) groups excluding carboxylic acids is 1. The number of aliphatic hydroxyl groups excluding tert-OH is 1. The van der Waals surface area contributed by atoms with Gasteiger partial charge in [-0.15, -0.1) is 0 Å². The summed E-state index contributed by atoms with van der Waals surface area (Å²) < 4.78 is 1.46. The number of fused-ring (bicyclic) bond motifs is 1. The highest BCUT2D eigenvalue weighted by Crippen LogP contribution is 2.20. The lowest BCUT2D eigenvalue weighted by Gasteiger charge is -2.37. The quantitative estimate of drug-likeness (QED) is 0.891. The van der Waals surface area contributed by atoms with Gasteiger partial charge in [-0.25, -0.2) is 4.79 Å². The fourth-order valence-corrected chi connectivity index (χ4v) is 3.26. The zero-order valence-electron chi connectivity index (χ0n) is 12.7. The van der Waals surface area contributed by atoms with Gasteiger partial charge in [0, 0.05) is 6.54 Å². The monoisotopic (exact) mass is 303 g/mol. The number of piperidine rings is 1. The van der Waals surface area contributed by atoms with Crippen molar-refractivity contribution in [1.82, 2.24) is 14.5 Å². The molecule has 0 bridgehead atoms. The zero-order valence-corrected chi connectivity index (χ0v) is 12.7. The number of H-pyrrole nitrogens is 1. The molecule has 2 unspecified atom stereocenters. The molecule has 2 heterocycles. The molecule has 118 valence electrons. The van der Waals surface area contributed by atoms with Crippen molar-refractivity contribution in [3.05, 3.63) is 34.7 Å². The first-order chi connectivity index (χ1) is 10.6. The topological polar surface area (TPSA) is 78.3 Å². The third-order valence-corrected chi connectivity index (χ3v) is 4.40. The fraction of sp³-hybridized carbons (Fsp3) is 0.500. The Bertz CT molecular complexity index is 732. The molecule has 1 fully saturated rings. The molecule has 2 atom stereocenters. The molecule has 3 rings (SSSR count). The molecule has 6 nitrogen and oxygen atoms in total. The number of rotatable bonds is 3. The molecule has 2 aromatic rings. The molecule has 22 heavy (non-hydrogen) atoms. The lowest BCUT2D eigenvalue weighted by molar-refractivity contribution is -0.138. The Balaban J connectivity index is 1.86. The van der Waals surface area contributed by atoms with E-state index >= 15 is 0 Å². The molecule has 0 radical (unpaired) electrons. The van der Waals surface area contributed by atoms with Crippen molar-refractivity contribution in [3.8, 4) is 0 Å². The summed E-state index contributed by atoms with van der Waals surface area (Å²) in [4.78, 5) is 29.2. The molecule has 1 aromatic heterocycles. The number of aromatic nitrogens is 2. The number of nitrogens with one attached hydrogen (secondary N) is 1. The Morgan fingerprint density at radius 3 is 2.95 bits per heavy atom. The van der Waals surface area contributed by atoms with Crippen LogP contribution in [0.1, 0.15) is 26.2 Å². The summed E-state index contributed by atoms with van der Waals surface area (Å²) in [7, 11) is 0. The van der Waals surface area contributed by atoms with Crippen molar-refractivity contribution in [3.63, 3.8) is 0 Å². The highest BCUT2D eigenvalue weighted by atomic mass is 16.3. The Kier molecular flexibility index (Phi) is 4.02. The highest BCUT2D eigenvalue weighted by molar-refractivity contribution is 5.80. The first kappa shape index (κ1) is 14.8. The van der Waals surface area contributed by atoms with Crippen LogP contribution in [0, 0.1) is 0 Å². The van der Waals surface area contributed by atoms with Crippen LogP contribution in [-0.4, -0.2) is 44.2 Å². The summed E-state index contributed by atoms with van der Waals surface area (Å²) in [6.45, 7) is 2.37. The van der Waals surface area contributed by atoms with E-state index in [4.69, 9.17) is 0 Å². The van der Waals surface area contributed by atoms with E-state index < -0.39 is 6.10 Å². The summed E-state index contributed by atoms with van der Waals surface area (Å²) in [6.07, 6.45) is 2.22. The van der Waals surface area contributed by atoms with E-state index in [1.165, 1.54) is 4.57 Å². The van der Waals surface area contributed by atoms with E-state index in [-0.39, 0.29) is 24.2 Å². The number of aliphatic hydroxyl groups is 1. The minimum absolute atomic E-state index is 0.00602. The fourth-order valence-electron chi connectivity index (χ4n) is 3.26. The van der Waals surface area contributed by atoms with Gasteiger partial charge in [-0.2, -0.15) is 0 Å². The van der Waals surface area contributed by atoms with Gasteiger partial charge in [-0.3, -0.25) is 9.36 Å². The maximum atomic E-state index is 12.6. The van der Waals surface area contributed by atoms with Crippen LogP contribution in [0.3, 0.4) is 0 Å². The number of amides is 1. The molecule has 0 aliphatic carbocycles. The van der Waals surface area contributed by atoms with Gasteiger partial charge < -0.3 is 15.0 Å². The summed E-state index contributed by atoms with van der Waals surface area (Å²) in [6, 6.07) is 7.18. The van der Waals surface area contributed by atoms with Gasteiger partial charge in [0.25, 0.3) is 0 Å². The molecule has 6 heteroatoms. The first-order valence-corrected chi connectivity index (χ1v) is 7.73. The second-order valence-electron chi connectivity index (χ2n) is 5.92. The van der Waals surface area contributed by atoms with Crippen molar-refractivity contribution >= 4 is 16.9 Å². The number of benzene rings is 1. The number of likely N-dealkylation sites (tertiary alicyclic amines) is 1. The van der Waals surface area contributed by atoms with Gasteiger partial charge in [-0.05, 0) is 38.3 Å². The Morgan fingerprint density at radius 2 is 2.18 bits per heavy atom. The predicted molar refractivity (Wildman–Crippen MR) is 83.6 cm³/mol. The minimum Gasteiger partial charge on any atom is -0.391 e. The highest BCUT2D eigenvalue weighted by Gasteiger charge is 2.30. The number of hydrogen-bond acceptors (Lipinski definition) is 3. The molecular weight excluding hydrogens is 282 g/mol. The summed E-state index contributed by atoms with van der Waals surface area (Å²) in [5.74, 6) is -0.113. The maximum absolute atomic E-state index is 12.6. The third kappa shape index (κ3) is 2.66. The van der Waals surface area contributed by atoms with Crippen LogP contribution in [0.4, 0.5) is 0 Å². The number of carbonyl (C=O) groups is 1. The number of para-hydroxylation sites is 2. The van der Waals surface area contributed by atoms with Crippen LogP contribution in [0.15, 0.2) is 29.1 Å². The van der Waals surface area contributed by atoms with Crippen molar-refractivity contribution in [1.29, 1.82) is 0 Å². The van der Waals surface area contributed by atoms with Gasteiger partial charge in [-0.1, -0.05) is 12.1 Å². The first-order valence-electron chi connectivity index (χ1n) is 7.73. The zero-order chi connectivity index (χ0) is 15.7. The summed E-state index contributed by atoms with van der Waals surface area (Å²) >= 11 is 0. The van der Waals surface area contributed by atoms with E-state index in [9.17, 15) is 14.7 Å². The Morgan fingerprint density at radius 1 is 1.41 bits per heavy atom. The standard InChI is InChI=1S/C16H21N3O3/c1-11(20)13-7-4-5-9-18(13)15(21)10-19-14-8-3-2-6-12(14)17-16(19)22/h2-3,6,8,11,13,20H,4-5,7,9-10H2,1H3,(H,17,22). The van der Waals surface area contributed by atoms with Crippen LogP contribution in [0.5, 0.6) is 0 Å². The largest absolute Gasteiger partial charge is 0.391 e. The molecule has 1 aromatic carbocycles. The van der Waals surface area contributed by atoms with Crippen LogP contribution in [-0.2, 0) is 11.3 Å². The molecule has 1 aliphatic rings. The van der Waals surface area contributed by atoms with E-state index in [0.717, 1.165) is 30.3 Å². The van der Waals surface area contributed by atoms with Crippen LogP contribution in [0.2, 0.25) is 0 Å². The minimum atomic E-state index is -0.552. The van der Waals surface area contributed by atoms with Crippen molar-refractivity contribution in [2.75, 3.05) is 6.54 Å². The number of imidazole rings is 1. The lowest BCUT2D eigenvalue weighted by Crippen LogP contribution is -2.50. The second kappa shape index (κ2) is 5.96. The number of nitrogens with zero attached hydrogens (tertiary/aromatic N) is 2. The summed E-state index contributed by atoms with van der Waals surface area (Å²) in [5, 5.41) is 9.88. The average Bonchev–Trinajstić information content (AvgIpc) is 2.83. The SMILES string of the molecule is CC(O)C1CCCCN1C(=O)Cn1c(=O)[nH]c2ccccc21. The molecule has 1 aliphatic heterocycles. The van der Waals surface area contributed by atoms with Crippen molar-refractivity contribution < 1.29 is 9.90 Å². The van der Waals surface area contributed by atoms with Crippen LogP contribution in [0.25, 0.3) is 11.0 Å². The van der Waals surface area contributed by atoms with Crippen molar-refractivity contribution in [2.45, 2.75) is 44.9 Å². The van der Waals surface area contributed by atoms with Gasteiger partial charge >= 0.3 is 5.69 Å². The number of aromatic amines is 1. The molecule has 0 saturated carbocycles. The van der Waals surface area contributed by atoms with E-state index in [2.05, 4.69) is 4.98 Å². The van der Waals surface area contributed by atoms with E-state index in [1.807, 2.05) is 24.3 Å². The molecule has 2 N–H and O–H groups in total. The second-order valence-corrected chi connectivity index (χ2v) is 5.92. The van der Waals surface area contributed by atoms with E-state index in [0.29, 0.717) is 6.54 Å². The Labute approximate surface area is 128 Å². The molecule has 1 amide bonds. The van der Waals surface area contributed by atoms with Gasteiger partial charge in [0.05, 0.1) is 23.2 Å². The smallest absolute Gasteiger partial charge is 0.326 e. The van der Waals surface area contributed by atoms with E-state index in [1.54, 1.807) is 11.8 Å². The molecule has 1 saturated heterocycles. The third-order valence-electron chi connectivity index (χ3n) is 4.40.